The smallest absolute Gasteiger partial charge is 0.306 e. The van der Waals surface area contributed by atoms with Gasteiger partial charge in [-0.25, -0.2) is 0 Å². The molecule has 0 radical (unpaired) electrons. The van der Waals surface area contributed by atoms with E-state index in [0.717, 1.165) is 135 Å². The molecule has 0 aliphatic rings. The van der Waals surface area contributed by atoms with Gasteiger partial charge in [0.05, 0.1) is 6.61 Å². The van der Waals surface area contributed by atoms with Crippen LogP contribution >= 0.6 is 0 Å². The number of hydrogen-bond donors (Lipinski definition) is 1. The third-order valence-electron chi connectivity index (χ3n) is 14.4. The van der Waals surface area contributed by atoms with Crippen molar-refractivity contribution in [1.29, 1.82) is 0 Å². The van der Waals surface area contributed by atoms with Crippen molar-refractivity contribution in [1.82, 2.24) is 0 Å². The molecule has 0 amide bonds. The zero-order chi connectivity index (χ0) is 61.9. The van der Waals surface area contributed by atoms with Crippen molar-refractivity contribution in [3.63, 3.8) is 0 Å². The average molecular weight is 1180 g/mol. The molecule has 0 aromatic carbocycles. The summed E-state index contributed by atoms with van der Waals surface area (Å²) in [6.45, 7) is 3.88. The van der Waals surface area contributed by atoms with E-state index in [-0.39, 0.29) is 31.6 Å². The van der Waals surface area contributed by atoms with Crippen molar-refractivity contribution in [2.24, 2.45) is 0 Å². The summed E-state index contributed by atoms with van der Waals surface area (Å²) in [5.41, 5.74) is 0. The molecule has 1 atom stereocenters. The van der Waals surface area contributed by atoms with Crippen LogP contribution in [0.15, 0.2) is 194 Å². The van der Waals surface area contributed by atoms with Crippen LogP contribution in [-0.2, 0) is 19.1 Å². The summed E-state index contributed by atoms with van der Waals surface area (Å²) in [5.74, 6) is -0.647. The van der Waals surface area contributed by atoms with E-state index in [1.807, 2.05) is 0 Å². The summed E-state index contributed by atoms with van der Waals surface area (Å²) in [7, 11) is 0. The molecule has 5 heteroatoms. The maximum absolute atomic E-state index is 12.3. The second kappa shape index (κ2) is 74.0. The van der Waals surface area contributed by atoms with Gasteiger partial charge in [0.15, 0.2) is 6.10 Å². The third kappa shape index (κ3) is 71.2. The maximum atomic E-state index is 12.3. The molecule has 0 aromatic heterocycles. The van der Waals surface area contributed by atoms with Gasteiger partial charge >= 0.3 is 11.9 Å². The highest BCUT2D eigenvalue weighted by molar-refractivity contribution is 5.70. The summed E-state index contributed by atoms with van der Waals surface area (Å²) in [5, 5.41) is 9.69. The highest BCUT2D eigenvalue weighted by atomic mass is 16.6. The van der Waals surface area contributed by atoms with Crippen molar-refractivity contribution in [2.75, 3.05) is 13.2 Å². The fourth-order valence-corrected chi connectivity index (χ4v) is 9.24. The molecule has 0 aliphatic heterocycles. The highest BCUT2D eigenvalue weighted by Gasteiger charge is 2.16. The number of aliphatic hydroxyl groups is 1. The predicted molar refractivity (Wildman–Crippen MR) is 379 cm³/mol. The first-order chi connectivity index (χ1) is 42.6. The molecule has 86 heavy (non-hydrogen) atoms. The van der Waals surface area contributed by atoms with Crippen molar-refractivity contribution in [2.45, 2.75) is 290 Å². The van der Waals surface area contributed by atoms with Gasteiger partial charge in [-0.3, -0.25) is 9.59 Å². The minimum Gasteiger partial charge on any atom is -0.462 e. The number of carbonyl (C=O) groups is 2. The molecule has 0 spiro atoms. The Bertz CT molecular complexity index is 1970. The SMILES string of the molecule is CC/C=C\C/C=C\C/C=C\C/C=C\C/C=C\C/C=C\C/C=C\C/C=C\C/C=C\C/C=C\C/C=C\C/C=C\CCCCC(=O)OC(CO)COC(=O)CCCCCCCCCCCCCCCCCCCCCC/C=C\C/C=C\C/C=C\C/C=C\CC. The van der Waals surface area contributed by atoms with Gasteiger partial charge in [-0.15, -0.1) is 0 Å². The van der Waals surface area contributed by atoms with Crippen LogP contribution in [0.3, 0.4) is 0 Å². The molecular formula is C81H128O5. The number of allylic oxidation sites excluding steroid dienone is 32. The first-order valence-electron chi connectivity index (χ1n) is 35.0. The van der Waals surface area contributed by atoms with Gasteiger partial charge in [0.25, 0.3) is 0 Å². The van der Waals surface area contributed by atoms with Crippen molar-refractivity contribution < 1.29 is 24.2 Å². The minimum atomic E-state index is -0.810. The fraction of sp³-hybridized carbons (Fsp3) is 0.580. The normalized spacial score (nSPS) is 13.5. The van der Waals surface area contributed by atoms with Crippen molar-refractivity contribution in [3.05, 3.63) is 194 Å². The average Bonchev–Trinajstić information content (AvgIpc) is 3.55. The molecule has 0 aliphatic carbocycles. The molecule has 0 fully saturated rings. The molecule has 0 saturated heterocycles. The van der Waals surface area contributed by atoms with Gasteiger partial charge in [0.1, 0.15) is 6.61 Å². The Kier molecular flexibility index (Phi) is 69.5. The first-order valence-corrected chi connectivity index (χ1v) is 35.0. The number of hydrogen-bond acceptors (Lipinski definition) is 5. The lowest BCUT2D eigenvalue weighted by Gasteiger charge is -2.15. The summed E-state index contributed by atoms with van der Waals surface area (Å²) < 4.78 is 10.7. The van der Waals surface area contributed by atoms with Crippen LogP contribution in [0.1, 0.15) is 284 Å². The molecule has 482 valence electrons. The predicted octanol–water partition coefficient (Wildman–Crippen LogP) is 24.8. The van der Waals surface area contributed by atoms with Gasteiger partial charge in [-0.1, -0.05) is 324 Å². The highest BCUT2D eigenvalue weighted by Crippen LogP contribution is 2.16. The van der Waals surface area contributed by atoms with Gasteiger partial charge < -0.3 is 14.6 Å². The molecule has 0 bridgehead atoms. The summed E-state index contributed by atoms with van der Waals surface area (Å²) in [6.07, 6.45) is 117. The second-order valence-electron chi connectivity index (χ2n) is 22.5. The van der Waals surface area contributed by atoms with E-state index in [4.69, 9.17) is 9.47 Å². The monoisotopic (exact) mass is 1180 g/mol. The molecule has 1 N–H and O–H groups in total. The van der Waals surface area contributed by atoms with Crippen molar-refractivity contribution >= 4 is 11.9 Å². The number of unbranched alkanes of at least 4 members (excludes halogenated alkanes) is 22. The Balaban J connectivity index is 3.61. The van der Waals surface area contributed by atoms with E-state index >= 15 is 0 Å². The molecule has 0 saturated carbocycles. The Hall–Kier alpha value is -5.26. The first kappa shape index (κ1) is 80.7. The lowest BCUT2D eigenvalue weighted by atomic mass is 10.0. The molecule has 0 aromatic rings. The van der Waals surface area contributed by atoms with E-state index < -0.39 is 6.10 Å². The largest absolute Gasteiger partial charge is 0.462 e. The Labute approximate surface area is 530 Å². The molecular weight excluding hydrogens is 1050 g/mol. The van der Waals surface area contributed by atoms with Crippen LogP contribution in [0.5, 0.6) is 0 Å². The van der Waals surface area contributed by atoms with E-state index in [2.05, 4.69) is 208 Å². The number of esters is 2. The minimum absolute atomic E-state index is 0.0932. The Morgan fingerprint density at radius 3 is 0.721 bits per heavy atom. The summed E-state index contributed by atoms with van der Waals surface area (Å²) >= 11 is 0. The van der Waals surface area contributed by atoms with Gasteiger partial charge in [-0.2, -0.15) is 0 Å². The number of aliphatic hydroxyl groups excluding tert-OH is 1. The third-order valence-corrected chi connectivity index (χ3v) is 14.4. The molecule has 0 rings (SSSR count). The van der Waals surface area contributed by atoms with Crippen LogP contribution in [0.25, 0.3) is 0 Å². The quantitative estimate of drug-likeness (QED) is 0.0373. The van der Waals surface area contributed by atoms with E-state index in [1.54, 1.807) is 0 Å². The van der Waals surface area contributed by atoms with E-state index in [9.17, 15) is 14.7 Å². The van der Waals surface area contributed by atoms with Crippen LogP contribution in [0.4, 0.5) is 0 Å². The van der Waals surface area contributed by atoms with E-state index in [1.165, 1.54) is 116 Å². The number of carbonyl (C=O) groups excluding carboxylic acids is 2. The fourth-order valence-electron chi connectivity index (χ4n) is 9.24. The lowest BCUT2D eigenvalue weighted by molar-refractivity contribution is -0.161. The summed E-state index contributed by atoms with van der Waals surface area (Å²) in [6, 6.07) is 0. The zero-order valence-corrected chi connectivity index (χ0v) is 55.2. The Morgan fingerprint density at radius 2 is 0.465 bits per heavy atom. The molecule has 1 unspecified atom stereocenters. The Morgan fingerprint density at radius 1 is 0.267 bits per heavy atom. The number of ether oxygens (including phenoxy) is 2. The van der Waals surface area contributed by atoms with Gasteiger partial charge in [-0.05, 0) is 141 Å². The van der Waals surface area contributed by atoms with Gasteiger partial charge in [0, 0.05) is 12.8 Å². The zero-order valence-electron chi connectivity index (χ0n) is 55.2. The number of rotatable bonds is 62. The molecule has 0 heterocycles. The topological polar surface area (TPSA) is 72.8 Å². The lowest BCUT2D eigenvalue weighted by Crippen LogP contribution is -2.28. The maximum Gasteiger partial charge on any atom is 0.306 e. The summed E-state index contributed by atoms with van der Waals surface area (Å²) in [4.78, 5) is 24.6. The second-order valence-corrected chi connectivity index (χ2v) is 22.5. The standard InChI is InChI=1S/C81H128O5/c1-3-5-7-9-11-13-15-17-19-21-23-25-27-29-31-33-35-37-38-39-40-41-42-44-46-48-50-52-54-56-58-60-62-64-66-68-70-72-74-76-81(84)86-79(77-82)78-85-80(83)75-73-71-69-67-65-63-61-59-57-55-53-51-49-47-45-43-36-34-32-30-28-26-24-22-20-18-16-14-12-10-8-6-4-2/h5-8,11-14,17-20,23-26,29,31,35,37,39-40,42,44,48,50,54,56,60,62,66,68,79,82H,3-4,9-10,15-16,21-22,27-28,30,32-34,36,38,41,43,45-47,49,51-53,55,57-59,61,63-65,67,69-78H2,1-2H3/b7-5-,8-6-,13-11-,14-12-,19-17-,20-18-,25-23-,26-24-,31-29-,37-35-,40-39-,44-42-,50-48-,56-54-,62-60-,68-66-. The molecule has 5 nitrogen and oxygen atoms in total. The van der Waals surface area contributed by atoms with Crippen LogP contribution in [0, 0.1) is 0 Å². The van der Waals surface area contributed by atoms with E-state index in [0.29, 0.717) is 12.8 Å². The van der Waals surface area contributed by atoms with Crippen LogP contribution in [-0.4, -0.2) is 36.4 Å². The van der Waals surface area contributed by atoms with Crippen LogP contribution < -0.4 is 0 Å². The van der Waals surface area contributed by atoms with Crippen molar-refractivity contribution in [3.8, 4) is 0 Å². The van der Waals surface area contributed by atoms with Gasteiger partial charge in [0.2, 0.25) is 0 Å². The van der Waals surface area contributed by atoms with Crippen LogP contribution in [0.2, 0.25) is 0 Å².